The van der Waals surface area contributed by atoms with Gasteiger partial charge in [0.1, 0.15) is 32.0 Å². The van der Waals surface area contributed by atoms with Crippen LogP contribution in [0.3, 0.4) is 0 Å². The Morgan fingerprint density at radius 2 is 0.934 bits per heavy atom. The number of cyclic esters (lactones) is 2. The lowest BCUT2D eigenvalue weighted by Gasteiger charge is -2.62. The van der Waals surface area contributed by atoms with Gasteiger partial charge in [0.2, 0.25) is 0 Å². The normalized spacial score (nSPS) is 27.1. The molecular weight excluding hydrogens is 1390 g/mol. The van der Waals surface area contributed by atoms with Crippen molar-refractivity contribution in [2.75, 3.05) is 79.3 Å². The van der Waals surface area contributed by atoms with Crippen molar-refractivity contribution in [1.29, 1.82) is 0 Å². The molecule has 0 N–H and O–H groups in total. The Kier molecular flexibility index (Phi) is 27.3. The zero-order valence-corrected chi connectivity index (χ0v) is 66.6. The highest BCUT2D eigenvalue weighted by Crippen LogP contribution is 2.62. The molecule has 2 aliphatic heterocycles. The molecule has 570 valence electrons. The first-order valence-electron chi connectivity index (χ1n) is 38.6. The zero-order valence-electron chi connectivity index (χ0n) is 63.6. The molecule has 0 radical (unpaired) electrons. The van der Waals surface area contributed by atoms with E-state index in [-0.39, 0.29) is 135 Å². The molecule has 6 unspecified atom stereocenters. The van der Waals surface area contributed by atoms with Gasteiger partial charge in [-0.2, -0.15) is 0 Å². The molecule has 6 aliphatic rings. The van der Waals surface area contributed by atoms with Crippen LogP contribution in [0.5, 0.6) is 0 Å². The van der Waals surface area contributed by atoms with Gasteiger partial charge in [0, 0.05) is 0 Å². The average molecular weight is 1500 g/mol. The summed E-state index contributed by atoms with van der Waals surface area (Å²) in [6.07, 6.45) is 5.91. The average Bonchev–Trinajstić information content (AvgIpc) is 0.720. The van der Waals surface area contributed by atoms with E-state index in [9.17, 15) is 4.79 Å². The summed E-state index contributed by atoms with van der Waals surface area (Å²) in [5.74, 6) is -0.104. The Balaban J connectivity index is 0.971. The molecule has 12 rings (SSSR count). The number of hydrogen-bond donors (Lipinski definition) is 0. The van der Waals surface area contributed by atoms with Crippen molar-refractivity contribution in [3.8, 4) is 0 Å². The van der Waals surface area contributed by atoms with E-state index < -0.39 is 83.1 Å². The van der Waals surface area contributed by atoms with E-state index in [1.54, 1.807) is 0 Å². The van der Waals surface area contributed by atoms with Crippen LogP contribution in [0.1, 0.15) is 132 Å². The van der Waals surface area contributed by atoms with Crippen LogP contribution in [0.2, 0.25) is 0 Å². The summed E-state index contributed by atoms with van der Waals surface area (Å²) >= 11 is 0. The topological polar surface area (TPSA) is 188 Å². The Hall–Kier alpha value is -6.93. The molecule has 4 aliphatic carbocycles. The fourth-order valence-corrected chi connectivity index (χ4v) is 27.3. The molecule has 4 saturated carbocycles. The summed E-state index contributed by atoms with van der Waals surface area (Å²) in [6, 6.07) is 59.1. The lowest BCUT2D eigenvalue weighted by Crippen LogP contribution is -2.64. The quantitative estimate of drug-likeness (QED) is 0.0156. The number of carbonyl (C=O) groups excluding carboxylic acids is 4. The van der Waals surface area contributed by atoms with Crippen LogP contribution < -0.4 is 31.1 Å². The van der Waals surface area contributed by atoms with Gasteiger partial charge in [0.25, 0.3) is 0 Å². The minimum atomic E-state index is -3.60. The summed E-state index contributed by atoms with van der Waals surface area (Å²) in [6.45, 7) is 19.9. The second-order valence-corrected chi connectivity index (χ2v) is 40.1. The van der Waals surface area contributed by atoms with Crippen LogP contribution in [-0.2, 0) is 78.9 Å². The van der Waals surface area contributed by atoms with E-state index in [0.29, 0.717) is 24.7 Å². The predicted molar refractivity (Wildman–Crippen MR) is 415 cm³/mol. The van der Waals surface area contributed by atoms with Gasteiger partial charge >= 0.3 is 49.6 Å². The van der Waals surface area contributed by atoms with Gasteiger partial charge in [0.15, 0.2) is 0 Å². The van der Waals surface area contributed by atoms with Crippen LogP contribution in [0.15, 0.2) is 195 Å². The van der Waals surface area contributed by atoms with Gasteiger partial charge in [-0.15, -0.1) is 0 Å². The van der Waals surface area contributed by atoms with E-state index >= 15 is 14.4 Å². The summed E-state index contributed by atoms with van der Waals surface area (Å²) in [4.78, 5) is 62.9. The minimum Gasteiger partial charge on any atom is -0.499 e. The minimum absolute atomic E-state index is 0.00161. The number of carbonyl (C=O) groups is 4. The van der Waals surface area contributed by atoms with E-state index in [1.165, 1.54) is 12.7 Å². The highest BCUT2D eigenvalue weighted by atomic mass is 28.4. The van der Waals surface area contributed by atoms with E-state index in [0.717, 1.165) is 56.8 Å². The van der Waals surface area contributed by atoms with Crippen molar-refractivity contribution >= 4 is 80.7 Å². The first kappa shape index (κ1) is 80.1. The predicted octanol–water partition coefficient (Wildman–Crippen LogP) is 11.6. The summed E-state index contributed by atoms with van der Waals surface area (Å²) in [5, 5.41) is 5.13. The van der Waals surface area contributed by atoms with Gasteiger partial charge in [-0.1, -0.05) is 216 Å². The zero-order chi connectivity index (χ0) is 74.9. The Morgan fingerprint density at radius 1 is 0.528 bits per heavy atom. The maximum Gasteiger partial charge on any atom is 0.407 e. The molecule has 0 spiro atoms. The molecule has 17 nitrogen and oxygen atoms in total. The molecule has 2 heterocycles. The highest BCUT2D eigenvalue weighted by Gasteiger charge is 2.62. The fraction of sp³-hybridized carbons (Fsp3) is 0.512. The molecule has 6 atom stereocenters. The first-order chi connectivity index (χ1) is 51.2. The molecular formula is C86H112O17Si3. The third kappa shape index (κ3) is 18.0. The SMILES string of the molecule is C=COCCO[Si](OCCOC(=O)C(C)(CC1CC(C)(CC2CC(C)(CC)C(=O)OCCO[Si](c3ccccc3)(c3ccccc3)OCCO2)C(=O)OCCO[Si](c2ccccc2)(c2ccccc2)OCCO1)CC(C)(CC)C(=O)OC1(C(C)C)C2CC3CC(C2)CC1C3)(c1ccccc1)c1ccccc1. The molecule has 2 saturated heterocycles. The van der Waals surface area contributed by atoms with Crippen molar-refractivity contribution in [2.45, 2.75) is 150 Å². The second-order valence-electron chi connectivity index (χ2n) is 31.2. The summed E-state index contributed by atoms with van der Waals surface area (Å²) in [7, 11) is -10.6. The van der Waals surface area contributed by atoms with Crippen molar-refractivity contribution in [2.24, 2.45) is 51.2 Å². The number of rotatable bonds is 27. The molecule has 20 heteroatoms. The Labute approximate surface area is 631 Å². The second kappa shape index (κ2) is 36.1. The number of ether oxygens (including phenoxy) is 7. The highest BCUT2D eigenvalue weighted by molar-refractivity contribution is 6.93. The standard InChI is InChI=1S/C86H112O17Si3/c1-10-82(6)60-70(92-44-50-98-105(74-35-23-15-24-36-74,75-37-25-16-26-38-75)101-52-46-94-78(82)87)61-84(8)62-71(93-45-51-99-106(76-39-27-17-28-40-76,77-41-29-18-30-42-77)102-53-47-95-79(84)88)63-85(9,64-83(7,11-2)81(90)103-86(65(4)5)68-56-66-55-67(58-68)59-69(86)57-66)80(89)96-48-54-100-104(97-49-43-91-12-3,72-31-19-13-20-32-72)73-33-21-14-22-34-73/h12-42,65-71H,3,10-11,43-64H2,1-2,4-9H3. The number of benzene rings is 6. The number of esters is 4. The molecule has 0 aromatic heterocycles. The Bertz CT molecular complexity index is 3640. The van der Waals surface area contributed by atoms with E-state index in [1.807, 2.05) is 224 Å². The molecule has 4 bridgehead atoms. The fourth-order valence-electron chi connectivity index (χ4n) is 18.0. The van der Waals surface area contributed by atoms with Crippen molar-refractivity contribution < 1.29 is 78.9 Å². The smallest absolute Gasteiger partial charge is 0.407 e. The first-order valence-corrected chi connectivity index (χ1v) is 44.0. The molecule has 6 aromatic carbocycles. The van der Waals surface area contributed by atoms with Gasteiger partial charge in [-0.3, -0.25) is 19.2 Å². The monoisotopic (exact) mass is 1500 g/mol. The third-order valence-corrected chi connectivity index (χ3v) is 33.7. The molecule has 0 amide bonds. The van der Waals surface area contributed by atoms with Gasteiger partial charge < -0.3 is 59.7 Å². The summed E-state index contributed by atoms with van der Waals surface area (Å²) < 4.78 is 88.6. The van der Waals surface area contributed by atoms with Crippen molar-refractivity contribution in [3.05, 3.63) is 195 Å². The molecule has 106 heavy (non-hydrogen) atoms. The van der Waals surface area contributed by atoms with Crippen LogP contribution >= 0.6 is 0 Å². The van der Waals surface area contributed by atoms with Gasteiger partial charge in [-0.25, -0.2) is 0 Å². The summed E-state index contributed by atoms with van der Waals surface area (Å²) in [5.41, 5.74) is -5.97. The van der Waals surface area contributed by atoms with Crippen LogP contribution in [-0.4, -0.2) is 147 Å². The van der Waals surface area contributed by atoms with Gasteiger partial charge in [0.05, 0.1) is 93.0 Å². The largest absolute Gasteiger partial charge is 0.499 e. The molecule has 6 fully saturated rings. The van der Waals surface area contributed by atoms with Crippen LogP contribution in [0.25, 0.3) is 0 Å². The number of hydrogen-bond acceptors (Lipinski definition) is 17. The van der Waals surface area contributed by atoms with Crippen molar-refractivity contribution in [3.63, 3.8) is 0 Å². The lowest BCUT2D eigenvalue weighted by atomic mass is 9.47. The van der Waals surface area contributed by atoms with Crippen LogP contribution in [0.4, 0.5) is 0 Å². The maximum atomic E-state index is 16.2. The maximum absolute atomic E-state index is 16.2. The van der Waals surface area contributed by atoms with E-state index in [4.69, 9.17) is 59.7 Å². The lowest BCUT2D eigenvalue weighted by molar-refractivity contribution is -0.233. The van der Waals surface area contributed by atoms with E-state index in [2.05, 4.69) is 20.4 Å². The Morgan fingerprint density at radius 3 is 1.36 bits per heavy atom. The van der Waals surface area contributed by atoms with Crippen molar-refractivity contribution in [1.82, 2.24) is 0 Å². The molecule has 6 aromatic rings. The van der Waals surface area contributed by atoms with Gasteiger partial charge in [-0.05, 0) is 165 Å². The third-order valence-electron chi connectivity index (χ3n) is 23.5. The van der Waals surface area contributed by atoms with Crippen LogP contribution in [0, 0.1) is 51.2 Å².